The Hall–Kier alpha value is -1.09. The van der Waals surface area contributed by atoms with Crippen LogP contribution in [0.5, 0.6) is 0 Å². The molecule has 0 aliphatic carbocycles. The van der Waals surface area contributed by atoms with Gasteiger partial charge in [-0.3, -0.25) is 0 Å². The summed E-state index contributed by atoms with van der Waals surface area (Å²) in [6.07, 6.45) is 8.29. The third-order valence-electron chi connectivity index (χ3n) is 2.47. The first-order chi connectivity index (χ1) is 6.36. The molecule has 0 amide bonds. The number of nitrogens with zero attached hydrogens (tertiary/aromatic N) is 2. The van der Waals surface area contributed by atoms with Gasteiger partial charge in [0.05, 0.1) is 0 Å². The maximum Gasteiger partial charge on any atom is 0.112 e. The average Bonchev–Trinajstić information content (AvgIpc) is 2.72. The molecule has 1 fully saturated rings. The Kier molecular flexibility index (Phi) is 2.45. The van der Waals surface area contributed by atoms with Crippen LogP contribution in [0.4, 0.5) is 0 Å². The lowest BCUT2D eigenvalue weighted by Gasteiger charge is -1.98. The Bertz CT molecular complexity index is 304. The van der Waals surface area contributed by atoms with Gasteiger partial charge in [0.1, 0.15) is 5.82 Å². The summed E-state index contributed by atoms with van der Waals surface area (Å²) in [5.41, 5.74) is 1.52. The van der Waals surface area contributed by atoms with Crippen LogP contribution in [-0.2, 0) is 13.5 Å². The van der Waals surface area contributed by atoms with E-state index in [9.17, 15) is 0 Å². The SMILES string of the molecule is Cn1ccnc1C/C=C1/CCNC1. The fraction of sp³-hybridized carbons (Fsp3) is 0.500. The molecule has 0 radical (unpaired) electrons. The first-order valence-electron chi connectivity index (χ1n) is 4.71. The van der Waals surface area contributed by atoms with Crippen LogP contribution in [0.1, 0.15) is 12.2 Å². The van der Waals surface area contributed by atoms with Crippen molar-refractivity contribution in [3.05, 3.63) is 29.9 Å². The van der Waals surface area contributed by atoms with E-state index >= 15 is 0 Å². The summed E-state index contributed by atoms with van der Waals surface area (Å²) in [5, 5.41) is 3.32. The maximum absolute atomic E-state index is 4.27. The van der Waals surface area contributed by atoms with Crippen molar-refractivity contribution in [2.75, 3.05) is 13.1 Å². The highest BCUT2D eigenvalue weighted by Gasteiger charge is 2.05. The van der Waals surface area contributed by atoms with Gasteiger partial charge in [0.15, 0.2) is 0 Å². The van der Waals surface area contributed by atoms with Crippen LogP contribution in [0, 0.1) is 0 Å². The van der Waals surface area contributed by atoms with E-state index in [0.717, 1.165) is 25.3 Å². The molecule has 1 aromatic rings. The molecule has 1 aliphatic heterocycles. The molecule has 13 heavy (non-hydrogen) atoms. The van der Waals surface area contributed by atoms with Crippen molar-refractivity contribution in [3.63, 3.8) is 0 Å². The number of aryl methyl sites for hydroxylation is 1. The van der Waals surface area contributed by atoms with Gasteiger partial charge in [-0.1, -0.05) is 11.6 Å². The molecule has 1 saturated heterocycles. The molecule has 0 unspecified atom stereocenters. The Morgan fingerprint density at radius 1 is 1.69 bits per heavy atom. The minimum atomic E-state index is 0.959. The average molecular weight is 177 g/mol. The number of nitrogens with one attached hydrogen (secondary N) is 1. The van der Waals surface area contributed by atoms with E-state index in [1.165, 1.54) is 12.0 Å². The normalized spacial score (nSPS) is 19.9. The van der Waals surface area contributed by atoms with Crippen LogP contribution in [-0.4, -0.2) is 22.6 Å². The summed E-state index contributed by atoms with van der Waals surface area (Å²) in [5.74, 6) is 1.14. The van der Waals surface area contributed by atoms with Crippen molar-refractivity contribution < 1.29 is 0 Å². The van der Waals surface area contributed by atoms with E-state index in [0.29, 0.717) is 0 Å². The number of aromatic nitrogens is 2. The van der Waals surface area contributed by atoms with Crippen molar-refractivity contribution in [1.82, 2.24) is 14.9 Å². The lowest BCUT2D eigenvalue weighted by molar-refractivity contribution is 0.826. The molecule has 1 aromatic heterocycles. The number of hydrogen-bond acceptors (Lipinski definition) is 2. The smallest absolute Gasteiger partial charge is 0.112 e. The monoisotopic (exact) mass is 177 g/mol. The fourth-order valence-electron chi connectivity index (χ4n) is 1.59. The zero-order chi connectivity index (χ0) is 9.10. The van der Waals surface area contributed by atoms with Gasteiger partial charge in [-0.15, -0.1) is 0 Å². The second-order valence-corrected chi connectivity index (χ2v) is 3.45. The highest BCUT2D eigenvalue weighted by Crippen LogP contribution is 2.07. The molecule has 0 bridgehead atoms. The number of hydrogen-bond donors (Lipinski definition) is 1. The highest BCUT2D eigenvalue weighted by atomic mass is 15.0. The Labute approximate surface area is 78.5 Å². The number of imidazole rings is 1. The molecule has 3 nitrogen and oxygen atoms in total. The van der Waals surface area contributed by atoms with Crippen LogP contribution in [0.25, 0.3) is 0 Å². The van der Waals surface area contributed by atoms with Gasteiger partial charge in [-0.25, -0.2) is 4.98 Å². The van der Waals surface area contributed by atoms with Crippen molar-refractivity contribution in [2.45, 2.75) is 12.8 Å². The van der Waals surface area contributed by atoms with Crippen molar-refractivity contribution >= 4 is 0 Å². The van der Waals surface area contributed by atoms with E-state index in [4.69, 9.17) is 0 Å². The van der Waals surface area contributed by atoms with E-state index in [1.54, 1.807) is 0 Å². The minimum Gasteiger partial charge on any atom is -0.338 e. The third-order valence-corrected chi connectivity index (χ3v) is 2.47. The standard InChI is InChI=1S/C10H15N3/c1-13-7-6-12-10(13)3-2-9-4-5-11-8-9/h2,6-7,11H,3-5,8H2,1H3/b9-2-. The van der Waals surface area contributed by atoms with Crippen molar-refractivity contribution in [3.8, 4) is 0 Å². The molecule has 0 atom stereocenters. The van der Waals surface area contributed by atoms with Crippen LogP contribution >= 0.6 is 0 Å². The van der Waals surface area contributed by atoms with Crippen molar-refractivity contribution in [2.24, 2.45) is 7.05 Å². The second kappa shape index (κ2) is 3.75. The Morgan fingerprint density at radius 3 is 3.23 bits per heavy atom. The molecule has 0 aromatic carbocycles. The van der Waals surface area contributed by atoms with E-state index in [1.807, 2.05) is 19.4 Å². The summed E-state index contributed by atoms with van der Waals surface area (Å²) in [7, 11) is 2.04. The number of allylic oxidation sites excluding steroid dienone is 1. The van der Waals surface area contributed by atoms with Gasteiger partial charge in [0, 0.05) is 32.4 Å². The quantitative estimate of drug-likeness (QED) is 0.680. The molecular weight excluding hydrogens is 162 g/mol. The Morgan fingerprint density at radius 2 is 2.62 bits per heavy atom. The van der Waals surface area contributed by atoms with Gasteiger partial charge in [0.25, 0.3) is 0 Å². The van der Waals surface area contributed by atoms with Gasteiger partial charge < -0.3 is 9.88 Å². The van der Waals surface area contributed by atoms with E-state index in [-0.39, 0.29) is 0 Å². The predicted octanol–water partition coefficient (Wildman–Crippen LogP) is 0.882. The summed E-state index contributed by atoms with van der Waals surface area (Å²) in [4.78, 5) is 4.27. The van der Waals surface area contributed by atoms with E-state index in [2.05, 4.69) is 20.9 Å². The van der Waals surface area contributed by atoms with Crippen LogP contribution in [0.3, 0.4) is 0 Å². The molecule has 0 saturated carbocycles. The topological polar surface area (TPSA) is 29.9 Å². The molecular formula is C10H15N3. The lowest BCUT2D eigenvalue weighted by atomic mass is 10.2. The zero-order valence-electron chi connectivity index (χ0n) is 7.95. The van der Waals surface area contributed by atoms with Crippen LogP contribution < -0.4 is 5.32 Å². The summed E-state index contributed by atoms with van der Waals surface area (Å²) in [6, 6.07) is 0. The van der Waals surface area contributed by atoms with Gasteiger partial charge in [0.2, 0.25) is 0 Å². The van der Waals surface area contributed by atoms with Gasteiger partial charge in [-0.2, -0.15) is 0 Å². The largest absolute Gasteiger partial charge is 0.338 e. The molecule has 1 N–H and O–H groups in total. The van der Waals surface area contributed by atoms with Crippen LogP contribution in [0.15, 0.2) is 24.0 Å². The molecule has 2 heterocycles. The lowest BCUT2D eigenvalue weighted by Crippen LogP contribution is -2.04. The molecule has 3 heteroatoms. The van der Waals surface area contributed by atoms with Gasteiger partial charge >= 0.3 is 0 Å². The predicted molar refractivity (Wildman–Crippen MR) is 52.5 cm³/mol. The van der Waals surface area contributed by atoms with Gasteiger partial charge in [-0.05, 0) is 13.0 Å². The molecule has 70 valence electrons. The van der Waals surface area contributed by atoms with E-state index < -0.39 is 0 Å². The zero-order valence-corrected chi connectivity index (χ0v) is 7.95. The first-order valence-corrected chi connectivity index (χ1v) is 4.71. The fourth-order valence-corrected chi connectivity index (χ4v) is 1.59. The summed E-state index contributed by atoms with van der Waals surface area (Å²) >= 11 is 0. The maximum atomic E-state index is 4.27. The molecule has 2 rings (SSSR count). The summed E-state index contributed by atoms with van der Waals surface area (Å²) in [6.45, 7) is 2.19. The first kappa shape index (κ1) is 8.51. The molecule has 0 spiro atoms. The molecule has 1 aliphatic rings. The second-order valence-electron chi connectivity index (χ2n) is 3.45. The minimum absolute atomic E-state index is 0.959. The third kappa shape index (κ3) is 1.98. The van der Waals surface area contributed by atoms with Crippen molar-refractivity contribution in [1.29, 1.82) is 0 Å². The Balaban J connectivity index is 1.99. The number of rotatable bonds is 2. The highest BCUT2D eigenvalue weighted by molar-refractivity contribution is 5.12. The summed E-state index contributed by atoms with van der Waals surface area (Å²) < 4.78 is 2.07. The van der Waals surface area contributed by atoms with Crippen LogP contribution in [0.2, 0.25) is 0 Å².